The number of rotatable bonds is 11. The normalized spacial score (nSPS) is 25.5. The minimum atomic E-state index is -1.07. The van der Waals surface area contributed by atoms with Crippen molar-refractivity contribution in [3.63, 3.8) is 0 Å². The number of nitrogens with zero attached hydrogens (tertiary/aromatic N) is 3. The highest BCUT2D eigenvalue weighted by Gasteiger charge is 2.46. The predicted molar refractivity (Wildman–Crippen MR) is 115 cm³/mol. The molecule has 0 spiro atoms. The van der Waals surface area contributed by atoms with Gasteiger partial charge in [-0.05, 0) is 16.7 Å². The molecule has 0 amide bonds. The molecule has 1 saturated heterocycles. The second kappa shape index (κ2) is 12.2. The molecular weight excluding hydrogens is 398 g/mol. The highest BCUT2D eigenvalue weighted by Crippen LogP contribution is 2.28. The lowest BCUT2D eigenvalue weighted by Gasteiger charge is -2.42. The van der Waals surface area contributed by atoms with Crippen LogP contribution in [-0.4, -0.2) is 49.0 Å². The van der Waals surface area contributed by atoms with Gasteiger partial charge in [-0.15, -0.1) is 6.58 Å². The molecule has 8 nitrogen and oxygen atoms in total. The molecule has 164 valence electrons. The largest absolute Gasteiger partial charge is 0.388 e. The maximum atomic E-state index is 11.0. The Balaban J connectivity index is 1.71. The average molecular weight is 425 g/mol. The zero-order chi connectivity index (χ0) is 21.9. The second-order valence-electron chi connectivity index (χ2n) is 7.11. The lowest BCUT2D eigenvalue weighted by Crippen LogP contribution is -2.59. The first-order valence-corrected chi connectivity index (χ1v) is 10.1. The lowest BCUT2D eigenvalue weighted by molar-refractivity contribution is -0.274. The third-order valence-electron chi connectivity index (χ3n) is 4.88. The van der Waals surface area contributed by atoms with Gasteiger partial charge < -0.3 is 24.1 Å². The van der Waals surface area contributed by atoms with Gasteiger partial charge in [0, 0.05) is 4.91 Å². The van der Waals surface area contributed by atoms with Gasteiger partial charge in [-0.2, -0.15) is 0 Å². The number of aliphatic hydroxyl groups is 1. The zero-order valence-electron chi connectivity index (χ0n) is 17.2. The maximum Gasteiger partial charge on any atom is 0.169 e. The van der Waals surface area contributed by atoms with Crippen molar-refractivity contribution >= 4 is 0 Å². The van der Waals surface area contributed by atoms with E-state index in [2.05, 4.69) is 16.6 Å². The summed E-state index contributed by atoms with van der Waals surface area (Å²) in [4.78, 5) is 2.90. The summed E-state index contributed by atoms with van der Waals surface area (Å²) in [7, 11) is 0. The van der Waals surface area contributed by atoms with E-state index in [0.717, 1.165) is 11.1 Å². The molecule has 0 unspecified atom stereocenters. The third kappa shape index (κ3) is 6.63. The van der Waals surface area contributed by atoms with E-state index in [1.807, 2.05) is 60.7 Å². The quantitative estimate of drug-likeness (QED) is 0.255. The molecule has 1 heterocycles. The van der Waals surface area contributed by atoms with Crippen LogP contribution in [0.1, 0.15) is 11.1 Å². The topological polar surface area (TPSA) is 106 Å². The van der Waals surface area contributed by atoms with Gasteiger partial charge in [0.05, 0.1) is 32.5 Å². The van der Waals surface area contributed by atoms with Gasteiger partial charge in [0.2, 0.25) is 0 Å². The smallest absolute Gasteiger partial charge is 0.169 e. The van der Waals surface area contributed by atoms with Crippen molar-refractivity contribution in [2.75, 3.05) is 13.2 Å². The minimum Gasteiger partial charge on any atom is -0.388 e. The number of ether oxygens (including phenoxy) is 4. The summed E-state index contributed by atoms with van der Waals surface area (Å²) in [6, 6.07) is 18.4. The molecule has 0 saturated carbocycles. The van der Waals surface area contributed by atoms with E-state index >= 15 is 0 Å². The Morgan fingerprint density at radius 3 is 2.29 bits per heavy atom. The highest BCUT2D eigenvalue weighted by molar-refractivity contribution is 5.14. The van der Waals surface area contributed by atoms with Crippen molar-refractivity contribution in [3.05, 3.63) is 94.9 Å². The molecule has 0 radical (unpaired) electrons. The van der Waals surface area contributed by atoms with Crippen LogP contribution in [0, 0.1) is 0 Å². The molecule has 0 aliphatic carbocycles. The third-order valence-corrected chi connectivity index (χ3v) is 4.88. The fourth-order valence-electron chi connectivity index (χ4n) is 3.35. The molecule has 3 rings (SSSR count). The second-order valence-corrected chi connectivity index (χ2v) is 7.11. The summed E-state index contributed by atoms with van der Waals surface area (Å²) in [5.41, 5.74) is 11.0. The van der Waals surface area contributed by atoms with E-state index < -0.39 is 30.6 Å². The molecule has 0 bridgehead atoms. The van der Waals surface area contributed by atoms with Gasteiger partial charge in [-0.1, -0.05) is 71.9 Å². The van der Waals surface area contributed by atoms with Crippen molar-refractivity contribution in [2.45, 2.75) is 43.9 Å². The first-order chi connectivity index (χ1) is 15.2. The van der Waals surface area contributed by atoms with Crippen molar-refractivity contribution in [1.82, 2.24) is 0 Å². The Morgan fingerprint density at radius 1 is 1.03 bits per heavy atom. The van der Waals surface area contributed by atoms with Crippen LogP contribution in [0.25, 0.3) is 10.4 Å². The van der Waals surface area contributed by atoms with Gasteiger partial charge in [0.15, 0.2) is 6.29 Å². The lowest BCUT2D eigenvalue weighted by atomic mass is 9.97. The number of benzene rings is 2. The average Bonchev–Trinajstić information content (AvgIpc) is 2.81. The highest BCUT2D eigenvalue weighted by atomic mass is 16.7. The Labute approximate surface area is 181 Å². The molecule has 0 aromatic heterocycles. The molecule has 8 heteroatoms. The molecule has 2 aromatic carbocycles. The van der Waals surface area contributed by atoms with Crippen LogP contribution in [-0.2, 0) is 32.2 Å². The number of azide groups is 1. The molecular formula is C23H27N3O5. The first kappa shape index (κ1) is 23.0. The SMILES string of the molecule is C=CCO[C@H]1O[C@H](COCc2ccccc2)[C@@H](O)[C@H](OCc2ccccc2)[C@@H]1N=[N+]=[N-]. The molecule has 1 aliphatic rings. The molecule has 1 N–H and O–H groups in total. The molecule has 1 aliphatic heterocycles. The van der Waals surface area contributed by atoms with E-state index in [-0.39, 0.29) is 19.8 Å². The monoisotopic (exact) mass is 425 g/mol. The summed E-state index contributed by atoms with van der Waals surface area (Å²) in [5, 5.41) is 14.8. The maximum absolute atomic E-state index is 11.0. The van der Waals surface area contributed by atoms with E-state index in [9.17, 15) is 5.11 Å². The van der Waals surface area contributed by atoms with Crippen LogP contribution in [0.2, 0.25) is 0 Å². The molecule has 5 atom stereocenters. The summed E-state index contributed by atoms with van der Waals surface area (Å²) < 4.78 is 23.3. The predicted octanol–water partition coefficient (Wildman–Crippen LogP) is 3.76. The molecule has 1 fully saturated rings. The van der Waals surface area contributed by atoms with Gasteiger partial charge in [0.25, 0.3) is 0 Å². The Hall–Kier alpha value is -2.71. The minimum absolute atomic E-state index is 0.123. The van der Waals surface area contributed by atoms with Gasteiger partial charge in [-0.25, -0.2) is 0 Å². The van der Waals surface area contributed by atoms with Gasteiger partial charge in [-0.3, -0.25) is 0 Å². The number of aliphatic hydroxyl groups excluding tert-OH is 1. The van der Waals surface area contributed by atoms with Crippen LogP contribution in [0.15, 0.2) is 78.4 Å². The molecule has 2 aromatic rings. The van der Waals surface area contributed by atoms with Crippen LogP contribution in [0.5, 0.6) is 0 Å². The van der Waals surface area contributed by atoms with Crippen molar-refractivity contribution < 1.29 is 24.1 Å². The van der Waals surface area contributed by atoms with Crippen LogP contribution in [0.4, 0.5) is 0 Å². The Kier molecular flexibility index (Phi) is 9.05. The van der Waals surface area contributed by atoms with Gasteiger partial charge in [0.1, 0.15) is 18.2 Å². The van der Waals surface area contributed by atoms with E-state index in [1.165, 1.54) is 0 Å². The van der Waals surface area contributed by atoms with Crippen LogP contribution < -0.4 is 0 Å². The summed E-state index contributed by atoms with van der Waals surface area (Å²) in [6.07, 6.45) is -1.95. The standard InChI is InChI=1S/C23H27N3O5/c1-2-13-29-23-20(25-26-24)22(30-15-18-11-7-4-8-12-18)21(27)19(31-23)16-28-14-17-9-5-3-6-10-17/h2-12,19-23,27H,1,13-16H2/t19-,20+,21-,22-,23+/m1/s1. The number of hydrogen-bond donors (Lipinski definition) is 1. The molecule has 31 heavy (non-hydrogen) atoms. The van der Waals surface area contributed by atoms with Crippen LogP contribution in [0.3, 0.4) is 0 Å². The van der Waals surface area contributed by atoms with Crippen molar-refractivity contribution in [2.24, 2.45) is 5.11 Å². The van der Waals surface area contributed by atoms with E-state index in [1.54, 1.807) is 6.08 Å². The Morgan fingerprint density at radius 2 is 1.68 bits per heavy atom. The fourth-order valence-corrected chi connectivity index (χ4v) is 3.35. The summed E-state index contributed by atoms with van der Waals surface area (Å²) in [5.74, 6) is 0. The zero-order valence-corrected chi connectivity index (χ0v) is 17.2. The van der Waals surface area contributed by atoms with Crippen LogP contribution >= 0.6 is 0 Å². The van der Waals surface area contributed by atoms with Crippen molar-refractivity contribution in [3.8, 4) is 0 Å². The first-order valence-electron chi connectivity index (χ1n) is 10.1. The fraction of sp³-hybridized carbons (Fsp3) is 0.391. The number of hydrogen-bond acceptors (Lipinski definition) is 6. The summed E-state index contributed by atoms with van der Waals surface area (Å²) in [6.45, 7) is 4.58. The van der Waals surface area contributed by atoms with Gasteiger partial charge >= 0.3 is 0 Å². The van der Waals surface area contributed by atoms with E-state index in [4.69, 9.17) is 24.5 Å². The summed E-state index contributed by atoms with van der Waals surface area (Å²) >= 11 is 0. The van der Waals surface area contributed by atoms with E-state index in [0.29, 0.717) is 6.61 Å². The Bertz CT molecular complexity index is 845. The van der Waals surface area contributed by atoms with Crippen molar-refractivity contribution in [1.29, 1.82) is 0 Å².